The van der Waals surface area contributed by atoms with Gasteiger partial charge in [0.2, 0.25) is 0 Å². The molecule has 0 saturated heterocycles. The van der Waals surface area contributed by atoms with Gasteiger partial charge in [-0.3, -0.25) is 0 Å². The van der Waals surface area contributed by atoms with Gasteiger partial charge >= 0.3 is 0 Å². The normalized spacial score (nSPS) is 11.2. The first-order chi connectivity index (χ1) is 9.10. The Kier molecular flexibility index (Phi) is 4.66. The number of nitrogens with two attached hydrogens (primary N) is 1. The molecule has 0 spiro atoms. The molecule has 2 nitrogen and oxygen atoms in total. The van der Waals surface area contributed by atoms with Crippen molar-refractivity contribution in [1.82, 2.24) is 4.98 Å². The lowest BCUT2D eigenvalue weighted by atomic mass is 10.1. The Morgan fingerprint density at radius 1 is 1.32 bits per heavy atom. The van der Waals surface area contributed by atoms with E-state index in [0.717, 1.165) is 22.0 Å². The number of hydrogen-bond acceptors (Lipinski definition) is 3. The average molecular weight is 278 g/mol. The Labute approximate surface area is 117 Å². The number of rotatable bonds is 5. The van der Waals surface area contributed by atoms with Gasteiger partial charge in [0.1, 0.15) is 5.82 Å². The van der Waals surface area contributed by atoms with Crippen LogP contribution in [-0.4, -0.2) is 4.98 Å². The molecule has 19 heavy (non-hydrogen) atoms. The SMILES string of the molecule is CC(C)Cc1nc(Cc2ccccc2F)sc1CN. The summed E-state index contributed by atoms with van der Waals surface area (Å²) in [6.07, 6.45) is 1.47. The van der Waals surface area contributed by atoms with E-state index in [1.807, 2.05) is 6.07 Å². The van der Waals surface area contributed by atoms with Crippen molar-refractivity contribution in [2.24, 2.45) is 11.7 Å². The van der Waals surface area contributed by atoms with Gasteiger partial charge in [0.25, 0.3) is 0 Å². The second kappa shape index (κ2) is 6.26. The number of benzene rings is 1. The smallest absolute Gasteiger partial charge is 0.126 e. The zero-order valence-corrected chi connectivity index (χ0v) is 12.1. The van der Waals surface area contributed by atoms with Crippen molar-refractivity contribution in [3.63, 3.8) is 0 Å². The van der Waals surface area contributed by atoms with Crippen LogP contribution >= 0.6 is 11.3 Å². The van der Waals surface area contributed by atoms with Gasteiger partial charge in [-0.1, -0.05) is 32.0 Å². The van der Waals surface area contributed by atoms with E-state index in [4.69, 9.17) is 5.73 Å². The Morgan fingerprint density at radius 3 is 2.68 bits per heavy atom. The van der Waals surface area contributed by atoms with Crippen LogP contribution in [0, 0.1) is 11.7 Å². The molecule has 0 aliphatic carbocycles. The maximum absolute atomic E-state index is 13.6. The van der Waals surface area contributed by atoms with E-state index in [9.17, 15) is 4.39 Å². The van der Waals surface area contributed by atoms with Crippen molar-refractivity contribution in [3.8, 4) is 0 Å². The number of thiazole rings is 1. The zero-order valence-electron chi connectivity index (χ0n) is 11.3. The summed E-state index contributed by atoms with van der Waals surface area (Å²) in [5.41, 5.74) is 7.53. The fourth-order valence-corrected chi connectivity index (χ4v) is 3.02. The van der Waals surface area contributed by atoms with Gasteiger partial charge in [-0.2, -0.15) is 0 Å². The summed E-state index contributed by atoms with van der Waals surface area (Å²) in [7, 11) is 0. The molecule has 1 aromatic heterocycles. The second-order valence-electron chi connectivity index (χ2n) is 5.05. The third-order valence-electron chi connectivity index (χ3n) is 2.91. The van der Waals surface area contributed by atoms with Crippen molar-refractivity contribution in [3.05, 3.63) is 51.2 Å². The minimum atomic E-state index is -0.169. The first kappa shape index (κ1) is 14.2. The molecule has 102 valence electrons. The molecule has 2 aromatic rings. The molecule has 0 aliphatic rings. The first-order valence-electron chi connectivity index (χ1n) is 6.51. The molecule has 0 atom stereocenters. The van der Waals surface area contributed by atoms with Gasteiger partial charge in [-0.25, -0.2) is 9.37 Å². The summed E-state index contributed by atoms with van der Waals surface area (Å²) in [4.78, 5) is 5.75. The average Bonchev–Trinajstić information content (AvgIpc) is 2.73. The molecule has 4 heteroatoms. The summed E-state index contributed by atoms with van der Waals surface area (Å²) in [6.45, 7) is 4.84. The van der Waals surface area contributed by atoms with Gasteiger partial charge in [-0.05, 0) is 24.0 Å². The van der Waals surface area contributed by atoms with E-state index in [0.29, 0.717) is 24.4 Å². The third kappa shape index (κ3) is 3.61. The van der Waals surface area contributed by atoms with Crippen LogP contribution in [0.15, 0.2) is 24.3 Å². The number of nitrogens with zero attached hydrogens (tertiary/aromatic N) is 1. The van der Waals surface area contributed by atoms with Gasteiger partial charge < -0.3 is 5.73 Å². The molecule has 2 rings (SSSR count). The second-order valence-corrected chi connectivity index (χ2v) is 6.22. The first-order valence-corrected chi connectivity index (χ1v) is 7.32. The topological polar surface area (TPSA) is 38.9 Å². The third-order valence-corrected chi connectivity index (χ3v) is 4.03. The van der Waals surface area contributed by atoms with Crippen molar-refractivity contribution in [2.75, 3.05) is 0 Å². The minimum Gasteiger partial charge on any atom is -0.326 e. The van der Waals surface area contributed by atoms with Crippen LogP contribution in [0.5, 0.6) is 0 Å². The Hall–Kier alpha value is -1.26. The Bertz CT molecular complexity index is 549. The fourth-order valence-electron chi connectivity index (χ4n) is 2.02. The number of aromatic nitrogens is 1. The minimum absolute atomic E-state index is 0.169. The fraction of sp³-hybridized carbons (Fsp3) is 0.400. The van der Waals surface area contributed by atoms with Crippen LogP contribution in [0.4, 0.5) is 4.39 Å². The summed E-state index contributed by atoms with van der Waals surface area (Å²) >= 11 is 1.60. The Morgan fingerprint density at radius 2 is 2.05 bits per heavy atom. The van der Waals surface area contributed by atoms with E-state index in [1.165, 1.54) is 6.07 Å². The number of halogens is 1. The number of hydrogen-bond donors (Lipinski definition) is 1. The molecule has 0 fully saturated rings. The standard InChI is InChI=1S/C15H19FN2S/c1-10(2)7-13-14(9-17)19-15(18-13)8-11-5-3-4-6-12(11)16/h3-6,10H,7-9,17H2,1-2H3. The molecule has 1 heterocycles. The molecule has 0 aliphatic heterocycles. The predicted molar refractivity (Wildman–Crippen MR) is 77.8 cm³/mol. The van der Waals surface area contributed by atoms with Crippen molar-refractivity contribution >= 4 is 11.3 Å². The molecule has 1 aromatic carbocycles. The maximum atomic E-state index is 13.6. The predicted octanol–water partition coefficient (Wildman–Crippen LogP) is 3.53. The Balaban J connectivity index is 2.22. The van der Waals surface area contributed by atoms with E-state index < -0.39 is 0 Å². The molecular weight excluding hydrogens is 259 g/mol. The lowest BCUT2D eigenvalue weighted by Gasteiger charge is -2.02. The van der Waals surface area contributed by atoms with Gasteiger partial charge in [0.15, 0.2) is 0 Å². The van der Waals surface area contributed by atoms with Crippen LogP contribution in [0.3, 0.4) is 0 Å². The molecule has 0 unspecified atom stereocenters. The van der Waals surface area contributed by atoms with E-state index >= 15 is 0 Å². The highest BCUT2D eigenvalue weighted by Crippen LogP contribution is 2.23. The van der Waals surface area contributed by atoms with Crippen LogP contribution in [0.1, 0.15) is 35.0 Å². The molecule has 0 amide bonds. The quantitative estimate of drug-likeness (QED) is 0.908. The molecular formula is C15H19FN2S. The molecule has 0 saturated carbocycles. The monoisotopic (exact) mass is 278 g/mol. The highest BCUT2D eigenvalue weighted by Gasteiger charge is 2.13. The highest BCUT2D eigenvalue weighted by atomic mass is 32.1. The van der Waals surface area contributed by atoms with Crippen molar-refractivity contribution in [2.45, 2.75) is 33.2 Å². The summed E-state index contributed by atoms with van der Waals surface area (Å²) in [6, 6.07) is 6.85. The summed E-state index contributed by atoms with van der Waals surface area (Å²) in [5.74, 6) is 0.381. The summed E-state index contributed by atoms with van der Waals surface area (Å²) < 4.78 is 13.6. The maximum Gasteiger partial charge on any atom is 0.126 e. The molecule has 0 radical (unpaired) electrons. The molecule has 0 bridgehead atoms. The van der Waals surface area contributed by atoms with Gasteiger partial charge in [-0.15, -0.1) is 11.3 Å². The van der Waals surface area contributed by atoms with E-state index in [2.05, 4.69) is 18.8 Å². The largest absolute Gasteiger partial charge is 0.326 e. The van der Waals surface area contributed by atoms with Crippen molar-refractivity contribution in [1.29, 1.82) is 0 Å². The molecule has 2 N–H and O–H groups in total. The summed E-state index contributed by atoms with van der Waals surface area (Å²) in [5, 5.41) is 0.946. The van der Waals surface area contributed by atoms with Gasteiger partial charge in [0.05, 0.1) is 10.7 Å². The lowest BCUT2D eigenvalue weighted by Crippen LogP contribution is -2.02. The lowest BCUT2D eigenvalue weighted by molar-refractivity contribution is 0.612. The van der Waals surface area contributed by atoms with Crippen LogP contribution in [0.25, 0.3) is 0 Å². The van der Waals surface area contributed by atoms with Gasteiger partial charge in [0, 0.05) is 17.8 Å². The van der Waals surface area contributed by atoms with Crippen LogP contribution < -0.4 is 5.73 Å². The van der Waals surface area contributed by atoms with E-state index in [-0.39, 0.29) is 5.82 Å². The van der Waals surface area contributed by atoms with Crippen LogP contribution in [-0.2, 0) is 19.4 Å². The highest BCUT2D eigenvalue weighted by molar-refractivity contribution is 7.11. The zero-order chi connectivity index (χ0) is 13.8. The van der Waals surface area contributed by atoms with Crippen molar-refractivity contribution < 1.29 is 4.39 Å². The van der Waals surface area contributed by atoms with E-state index in [1.54, 1.807) is 23.5 Å². The van der Waals surface area contributed by atoms with Crippen LogP contribution in [0.2, 0.25) is 0 Å².